The molecule has 2 rings (SSSR count). The number of piperidine rings is 1. The number of azide groups is 1. The molecular weight excluding hydrogens is 288 g/mol. The quantitative estimate of drug-likeness (QED) is 0.341. The van der Waals surface area contributed by atoms with Gasteiger partial charge >= 0.3 is 6.09 Å². The third-order valence-corrected chi connectivity index (χ3v) is 4.03. The number of hydrazine groups is 1. The van der Waals surface area contributed by atoms with E-state index in [1.807, 2.05) is 5.01 Å². The van der Waals surface area contributed by atoms with Crippen LogP contribution in [0, 0.1) is 5.92 Å². The fourth-order valence-electron chi connectivity index (χ4n) is 2.52. The Labute approximate surface area is 129 Å². The lowest BCUT2D eigenvalue weighted by Crippen LogP contribution is -2.55. The maximum Gasteiger partial charge on any atom is 0.410 e. The molecule has 22 heavy (non-hydrogen) atoms. The zero-order chi connectivity index (χ0) is 15.9. The highest BCUT2D eigenvalue weighted by Gasteiger charge is 2.33. The second-order valence-electron chi connectivity index (χ2n) is 5.95. The van der Waals surface area contributed by atoms with Gasteiger partial charge in [-0.3, -0.25) is 5.84 Å². The van der Waals surface area contributed by atoms with Crippen molar-refractivity contribution in [3.63, 3.8) is 0 Å². The molecule has 0 spiro atoms. The third-order valence-electron chi connectivity index (χ3n) is 4.03. The lowest BCUT2D eigenvalue weighted by Gasteiger charge is -2.39. The molecule has 0 aromatic rings. The molecular formula is C13H24N6O3. The zero-order valence-electron chi connectivity index (χ0n) is 12.9. The van der Waals surface area contributed by atoms with E-state index in [1.54, 1.807) is 11.8 Å². The number of rotatable bonds is 6. The van der Waals surface area contributed by atoms with Gasteiger partial charge in [0.1, 0.15) is 6.10 Å². The van der Waals surface area contributed by atoms with Crippen molar-refractivity contribution < 1.29 is 14.3 Å². The van der Waals surface area contributed by atoms with E-state index in [-0.39, 0.29) is 18.7 Å². The van der Waals surface area contributed by atoms with E-state index in [2.05, 4.69) is 10.0 Å². The molecule has 1 unspecified atom stereocenters. The highest BCUT2D eigenvalue weighted by atomic mass is 16.6. The number of hydrogen-bond donors (Lipinski definition) is 1. The van der Waals surface area contributed by atoms with Gasteiger partial charge in [-0.05, 0) is 31.2 Å². The SMILES string of the molecule is CC(CN=[N+]=[N-])OC(=O)N1CC(OCC2CCN(N)CC2)C1. The second-order valence-corrected chi connectivity index (χ2v) is 5.95. The Balaban J connectivity index is 1.57. The molecule has 0 aromatic heterocycles. The first-order valence-corrected chi connectivity index (χ1v) is 7.66. The largest absolute Gasteiger partial charge is 0.446 e. The summed E-state index contributed by atoms with van der Waals surface area (Å²) in [6.45, 7) is 5.53. The average Bonchev–Trinajstić information content (AvgIpc) is 2.45. The van der Waals surface area contributed by atoms with Crippen LogP contribution in [-0.4, -0.2) is 67.5 Å². The molecule has 9 heteroatoms. The van der Waals surface area contributed by atoms with Crippen molar-refractivity contribution in [3.8, 4) is 0 Å². The van der Waals surface area contributed by atoms with Gasteiger partial charge < -0.3 is 14.4 Å². The Morgan fingerprint density at radius 3 is 2.77 bits per heavy atom. The molecule has 124 valence electrons. The van der Waals surface area contributed by atoms with Crippen LogP contribution in [0.1, 0.15) is 19.8 Å². The monoisotopic (exact) mass is 312 g/mol. The average molecular weight is 312 g/mol. The van der Waals surface area contributed by atoms with E-state index < -0.39 is 6.10 Å². The summed E-state index contributed by atoms with van der Waals surface area (Å²) in [6.07, 6.45) is 1.43. The Morgan fingerprint density at radius 1 is 1.45 bits per heavy atom. The smallest absolute Gasteiger partial charge is 0.410 e. The minimum absolute atomic E-state index is 0.0934. The molecule has 1 atom stereocenters. The summed E-state index contributed by atoms with van der Waals surface area (Å²) >= 11 is 0. The summed E-state index contributed by atoms with van der Waals surface area (Å²) in [7, 11) is 0. The van der Waals surface area contributed by atoms with Crippen LogP contribution in [0.15, 0.2) is 5.11 Å². The van der Waals surface area contributed by atoms with Crippen LogP contribution < -0.4 is 5.84 Å². The molecule has 0 aromatic carbocycles. The molecule has 2 N–H and O–H groups in total. The Hall–Kier alpha value is -1.54. The molecule has 9 nitrogen and oxygen atoms in total. The fraction of sp³-hybridized carbons (Fsp3) is 0.923. The zero-order valence-corrected chi connectivity index (χ0v) is 12.9. The molecule has 0 radical (unpaired) electrons. The number of carbonyl (C=O) groups is 1. The summed E-state index contributed by atoms with van der Waals surface area (Å²) < 4.78 is 11.0. The normalized spacial score (nSPS) is 21.8. The first-order chi connectivity index (χ1) is 10.6. The van der Waals surface area contributed by atoms with Crippen LogP contribution in [0.3, 0.4) is 0 Å². The van der Waals surface area contributed by atoms with Gasteiger partial charge in [0.2, 0.25) is 0 Å². The molecule has 2 aliphatic rings. The van der Waals surface area contributed by atoms with Crippen LogP contribution in [0.4, 0.5) is 4.79 Å². The maximum atomic E-state index is 11.8. The van der Waals surface area contributed by atoms with Crippen molar-refractivity contribution in [1.29, 1.82) is 0 Å². The molecule has 2 fully saturated rings. The number of carbonyl (C=O) groups excluding carboxylic acids is 1. The predicted molar refractivity (Wildman–Crippen MR) is 79.8 cm³/mol. The van der Waals surface area contributed by atoms with Gasteiger partial charge in [0, 0.05) is 18.0 Å². The lowest BCUT2D eigenvalue weighted by molar-refractivity contribution is -0.0686. The molecule has 0 aliphatic carbocycles. The van der Waals surface area contributed by atoms with Crippen molar-refractivity contribution in [2.45, 2.75) is 32.0 Å². The summed E-state index contributed by atoms with van der Waals surface area (Å²) in [5.74, 6) is 6.28. The van der Waals surface area contributed by atoms with Crippen LogP contribution in [0.5, 0.6) is 0 Å². The van der Waals surface area contributed by atoms with Gasteiger partial charge in [-0.1, -0.05) is 5.11 Å². The van der Waals surface area contributed by atoms with Crippen molar-refractivity contribution in [2.75, 3.05) is 39.3 Å². The van der Waals surface area contributed by atoms with E-state index in [0.29, 0.717) is 19.0 Å². The molecule has 0 bridgehead atoms. The summed E-state index contributed by atoms with van der Waals surface area (Å²) in [5, 5.41) is 5.22. The number of ether oxygens (including phenoxy) is 2. The lowest BCUT2D eigenvalue weighted by atomic mass is 9.99. The molecule has 2 aliphatic heterocycles. The van der Waals surface area contributed by atoms with Crippen LogP contribution in [0.25, 0.3) is 10.4 Å². The van der Waals surface area contributed by atoms with E-state index in [9.17, 15) is 4.79 Å². The molecule has 1 amide bonds. The standard InChI is InChI=1S/C13H24N6O3/c1-10(6-16-17-14)22-13(20)18-7-12(8-18)21-9-11-2-4-19(15)5-3-11/h10-12H,2-9,15H2,1H3. The van der Waals surface area contributed by atoms with E-state index in [1.165, 1.54) is 0 Å². The fourth-order valence-corrected chi connectivity index (χ4v) is 2.52. The van der Waals surface area contributed by atoms with Crippen LogP contribution in [0.2, 0.25) is 0 Å². The summed E-state index contributed by atoms with van der Waals surface area (Å²) in [4.78, 5) is 16.0. The number of nitrogens with zero attached hydrogens (tertiary/aromatic N) is 5. The Bertz CT molecular complexity index is 414. The topological polar surface area (TPSA) is 117 Å². The number of hydrogen-bond acceptors (Lipinski definition) is 6. The molecule has 2 heterocycles. The molecule has 2 saturated heterocycles. The van der Waals surface area contributed by atoms with Crippen molar-refractivity contribution in [2.24, 2.45) is 16.9 Å². The van der Waals surface area contributed by atoms with E-state index >= 15 is 0 Å². The summed E-state index contributed by atoms with van der Waals surface area (Å²) in [6, 6.07) is 0. The van der Waals surface area contributed by atoms with E-state index in [4.69, 9.17) is 20.8 Å². The van der Waals surface area contributed by atoms with Gasteiger partial charge in [-0.15, -0.1) is 0 Å². The Kier molecular flexibility index (Phi) is 6.26. The maximum absolute atomic E-state index is 11.8. The number of nitrogens with two attached hydrogens (primary N) is 1. The van der Waals surface area contributed by atoms with Gasteiger partial charge in [0.05, 0.1) is 32.3 Å². The van der Waals surface area contributed by atoms with Gasteiger partial charge in [0.15, 0.2) is 0 Å². The minimum Gasteiger partial charge on any atom is -0.446 e. The Morgan fingerprint density at radius 2 is 2.14 bits per heavy atom. The van der Waals surface area contributed by atoms with Crippen LogP contribution in [-0.2, 0) is 9.47 Å². The minimum atomic E-state index is -0.412. The van der Waals surface area contributed by atoms with Crippen LogP contribution >= 0.6 is 0 Å². The highest BCUT2D eigenvalue weighted by molar-refractivity contribution is 5.69. The number of likely N-dealkylation sites (tertiary alicyclic amines) is 1. The second kappa shape index (κ2) is 8.19. The number of amides is 1. The highest BCUT2D eigenvalue weighted by Crippen LogP contribution is 2.19. The van der Waals surface area contributed by atoms with Gasteiger partial charge in [-0.25, -0.2) is 9.80 Å². The first kappa shape index (κ1) is 16.8. The van der Waals surface area contributed by atoms with Crippen molar-refractivity contribution in [3.05, 3.63) is 10.4 Å². The van der Waals surface area contributed by atoms with Crippen molar-refractivity contribution in [1.82, 2.24) is 9.91 Å². The predicted octanol–water partition coefficient (Wildman–Crippen LogP) is 1.11. The van der Waals surface area contributed by atoms with E-state index in [0.717, 1.165) is 32.5 Å². The third kappa shape index (κ3) is 5.03. The molecule has 0 saturated carbocycles. The van der Waals surface area contributed by atoms with Crippen molar-refractivity contribution >= 4 is 6.09 Å². The summed E-state index contributed by atoms with van der Waals surface area (Å²) in [5.41, 5.74) is 8.21. The van der Waals surface area contributed by atoms with Gasteiger partial charge in [0.25, 0.3) is 0 Å². The first-order valence-electron chi connectivity index (χ1n) is 7.66. The van der Waals surface area contributed by atoms with Gasteiger partial charge in [-0.2, -0.15) is 0 Å².